The van der Waals surface area contributed by atoms with Crippen LogP contribution < -0.4 is 26.0 Å². The maximum absolute atomic E-state index is 13.1. The van der Waals surface area contributed by atoms with Crippen molar-refractivity contribution in [1.82, 2.24) is 15.5 Å². The molecule has 50 heavy (non-hydrogen) atoms. The van der Waals surface area contributed by atoms with Gasteiger partial charge in [0, 0.05) is 47.5 Å². The van der Waals surface area contributed by atoms with Gasteiger partial charge in [0.05, 0.1) is 24.5 Å². The number of likely N-dealkylation sites (N-methyl/N-ethyl adjacent to an activating group) is 1. The Balaban J connectivity index is 0.000000570. The van der Waals surface area contributed by atoms with Crippen LogP contribution in [0, 0.1) is 0 Å². The lowest BCUT2D eigenvalue weighted by molar-refractivity contribution is -0.141. The molecule has 0 spiro atoms. The number of ether oxygens (including phenoxy) is 4. The third kappa shape index (κ3) is 10.8. The Hall–Kier alpha value is -3.89. The summed E-state index contributed by atoms with van der Waals surface area (Å²) in [7, 11) is 9.11. The van der Waals surface area contributed by atoms with Crippen molar-refractivity contribution in [3.63, 3.8) is 0 Å². The van der Waals surface area contributed by atoms with Gasteiger partial charge in [-0.15, -0.1) is 0 Å². The van der Waals surface area contributed by atoms with Crippen molar-refractivity contribution >= 4 is 41.3 Å². The lowest BCUT2D eigenvalue weighted by Gasteiger charge is -2.40. The average Bonchev–Trinajstić information content (AvgIpc) is 3.72. The van der Waals surface area contributed by atoms with E-state index in [0.29, 0.717) is 35.7 Å². The fourth-order valence-corrected chi connectivity index (χ4v) is 5.92. The minimum absolute atomic E-state index is 0.102. The normalized spacial score (nSPS) is 28.6. The summed E-state index contributed by atoms with van der Waals surface area (Å²) >= 11 is 6.59. The van der Waals surface area contributed by atoms with Crippen molar-refractivity contribution in [2.75, 3.05) is 47.3 Å². The summed E-state index contributed by atoms with van der Waals surface area (Å²) in [4.78, 5) is 49.3. The van der Waals surface area contributed by atoms with Gasteiger partial charge in [0.1, 0.15) is 29.0 Å². The summed E-state index contributed by atoms with van der Waals surface area (Å²) in [6, 6.07) is 2.55. The first kappa shape index (κ1) is 42.3. The summed E-state index contributed by atoms with van der Waals surface area (Å²) in [5.74, 6) is -0.628. The summed E-state index contributed by atoms with van der Waals surface area (Å²) in [5.41, 5.74) is 4.85. The number of hydrogen-bond acceptors (Lipinski definition) is 10. The summed E-state index contributed by atoms with van der Waals surface area (Å²) in [5, 5.41) is 25.0. The second kappa shape index (κ2) is 18.4. The number of carbonyl (C=O) groups excluding carboxylic acids is 3. The number of rotatable bonds is 4. The lowest BCUT2D eigenvalue weighted by atomic mass is 9.91. The van der Waals surface area contributed by atoms with Crippen LogP contribution in [0.25, 0.3) is 0 Å². The van der Waals surface area contributed by atoms with Gasteiger partial charge in [-0.3, -0.25) is 10.1 Å². The number of allylic oxidation sites excluding steroid dienone is 3. The molecular weight excluding hydrogens is 674 g/mol. The van der Waals surface area contributed by atoms with Crippen LogP contribution in [0.1, 0.15) is 52.0 Å². The Morgan fingerprint density at radius 1 is 1.26 bits per heavy atom. The molecule has 0 radical (unpaired) electrons. The van der Waals surface area contributed by atoms with Gasteiger partial charge >= 0.3 is 18.1 Å². The quantitative estimate of drug-likeness (QED) is 0.285. The standard InChI is InChI=1S/C27H35ClN2O7.C6H12N2O3.CH5N/c1-16-7-6-8-21(35-5)27(33)15-18(36-25(32)29-27)14-22-26(2,37-22)10-9-23(31)30(3)19-12-17(11-16)13-20(34-4)24(19)28;1-4(5(9)10)8(3)6(11)7-2;1-2/h6-8,12-13,18,21-22,33H,9-11,14-15H2,1-5H3,(H,29,32);4H,1-3H3,(H,7,11)(H,9,10);2H2,1H3/b8-6+,16-7+;;/t18?,21-,22?,26+,27+;4-;/m10./s1. The number of fused-ring (bicyclic) bond motifs is 5. The van der Waals surface area contributed by atoms with Crippen molar-refractivity contribution in [2.45, 2.75) is 88.6 Å². The van der Waals surface area contributed by atoms with E-state index in [0.717, 1.165) is 16.0 Å². The van der Waals surface area contributed by atoms with Gasteiger partial charge in [0.2, 0.25) is 5.91 Å². The van der Waals surface area contributed by atoms with Crippen LogP contribution in [-0.2, 0) is 30.2 Å². The largest absolute Gasteiger partial charge is 0.495 e. The van der Waals surface area contributed by atoms with Crippen molar-refractivity contribution in [3.05, 3.63) is 46.5 Å². The number of hydrogen-bond donors (Lipinski definition) is 5. The molecule has 280 valence electrons. The highest BCUT2D eigenvalue weighted by Crippen LogP contribution is 2.45. The first-order valence-corrected chi connectivity index (χ1v) is 16.5. The van der Waals surface area contributed by atoms with Crippen LogP contribution in [0.2, 0.25) is 5.02 Å². The number of halogens is 1. The predicted molar refractivity (Wildman–Crippen MR) is 188 cm³/mol. The number of methoxy groups -OCH3 is 2. The summed E-state index contributed by atoms with van der Waals surface area (Å²) in [6.07, 6.45) is 4.97. The Bertz CT molecular complexity index is 1440. The molecule has 6 N–H and O–H groups in total. The molecule has 15 nitrogen and oxygen atoms in total. The van der Waals surface area contributed by atoms with E-state index in [2.05, 4.69) is 16.4 Å². The highest BCUT2D eigenvalue weighted by Gasteiger charge is 2.55. The molecule has 3 aliphatic heterocycles. The van der Waals surface area contributed by atoms with E-state index in [-0.39, 0.29) is 24.9 Å². The predicted octanol–water partition coefficient (Wildman–Crippen LogP) is 3.21. The number of nitrogens with two attached hydrogens (primary N) is 1. The molecule has 3 aliphatic rings. The van der Waals surface area contributed by atoms with Crippen LogP contribution in [0.15, 0.2) is 35.9 Å². The molecule has 2 unspecified atom stereocenters. The molecular formula is C34H52ClN5O10. The lowest BCUT2D eigenvalue weighted by Crippen LogP contribution is -2.62. The number of nitrogens with one attached hydrogen (secondary N) is 2. The molecule has 4 amide bonds. The molecule has 16 heteroatoms. The zero-order valence-corrected chi connectivity index (χ0v) is 31.0. The van der Waals surface area contributed by atoms with Gasteiger partial charge in [-0.25, -0.2) is 14.4 Å². The molecule has 0 aromatic heterocycles. The van der Waals surface area contributed by atoms with Crippen molar-refractivity contribution < 1.29 is 48.3 Å². The van der Waals surface area contributed by atoms with Gasteiger partial charge in [0.25, 0.3) is 0 Å². The van der Waals surface area contributed by atoms with Crippen LogP contribution in [0.4, 0.5) is 15.3 Å². The Kier molecular flexibility index (Phi) is 15.5. The number of urea groups is 1. The fraction of sp³-hybridized carbons (Fsp3) is 0.588. The number of benzene rings is 1. The van der Waals surface area contributed by atoms with Crippen molar-refractivity contribution in [2.24, 2.45) is 5.73 Å². The van der Waals surface area contributed by atoms with Crippen LogP contribution in [-0.4, -0.2) is 117 Å². The van der Waals surface area contributed by atoms with E-state index < -0.39 is 47.7 Å². The molecule has 0 saturated carbocycles. The minimum atomic E-state index is -1.64. The van der Waals surface area contributed by atoms with Gasteiger partial charge in [-0.1, -0.05) is 35.4 Å². The number of epoxide rings is 1. The van der Waals surface area contributed by atoms with Crippen LogP contribution in [0.5, 0.6) is 5.75 Å². The number of amides is 4. The highest BCUT2D eigenvalue weighted by atomic mass is 35.5. The maximum atomic E-state index is 13.1. The van der Waals surface area contributed by atoms with Crippen molar-refractivity contribution in [1.29, 1.82) is 0 Å². The third-order valence-corrected chi connectivity index (χ3v) is 9.24. The van der Waals surface area contributed by atoms with Crippen molar-refractivity contribution in [3.8, 4) is 5.75 Å². The van der Waals surface area contributed by atoms with Gasteiger partial charge in [0.15, 0.2) is 5.72 Å². The molecule has 0 aliphatic carbocycles. The van der Waals surface area contributed by atoms with E-state index in [1.807, 2.05) is 32.1 Å². The second-order valence-electron chi connectivity index (χ2n) is 12.4. The van der Waals surface area contributed by atoms with Crippen LogP contribution >= 0.6 is 11.6 Å². The zero-order valence-electron chi connectivity index (χ0n) is 30.2. The number of carboxylic acids is 1. The Morgan fingerprint density at radius 2 is 1.92 bits per heavy atom. The number of aliphatic carboxylic acids is 1. The number of nitrogens with zero attached hydrogens (tertiary/aromatic N) is 2. The molecule has 1 aromatic carbocycles. The van der Waals surface area contributed by atoms with Gasteiger partial charge < -0.3 is 50.0 Å². The SMILES string of the molecule is CN.CNC(=O)N(C)[C@@H](C)C(=O)O.COc1cc2cc(c1Cl)N(C)C(=O)CC[C@]1(C)OC1CC1C[C@@](O)(NC(=O)O1)[C@H](OC)/C=C/C=C(\C)C2. The number of aliphatic hydroxyl groups is 1. The van der Waals surface area contributed by atoms with E-state index in [9.17, 15) is 24.3 Å². The van der Waals surface area contributed by atoms with E-state index in [1.54, 1.807) is 31.2 Å². The monoisotopic (exact) mass is 725 g/mol. The first-order chi connectivity index (χ1) is 23.5. The van der Waals surface area contributed by atoms with Crippen LogP contribution in [0.3, 0.4) is 0 Å². The number of carboxylic acid groups (broad SMARTS) is 1. The number of alkyl carbamates (subject to hydrolysis) is 1. The van der Waals surface area contributed by atoms with E-state index in [1.165, 1.54) is 35.2 Å². The Labute approximate surface area is 298 Å². The van der Waals surface area contributed by atoms with E-state index >= 15 is 0 Å². The second-order valence-corrected chi connectivity index (χ2v) is 12.8. The number of anilines is 1. The molecule has 2 fully saturated rings. The maximum Gasteiger partial charge on any atom is 0.409 e. The van der Waals surface area contributed by atoms with Gasteiger partial charge in [-0.05, 0) is 58.4 Å². The smallest absolute Gasteiger partial charge is 0.409 e. The number of carbonyl (C=O) groups is 4. The molecule has 6 atom stereocenters. The first-order valence-electron chi connectivity index (χ1n) is 16.1. The topological polar surface area (TPSA) is 206 Å². The molecule has 2 saturated heterocycles. The molecule has 4 rings (SSSR count). The Morgan fingerprint density at radius 3 is 2.50 bits per heavy atom. The van der Waals surface area contributed by atoms with Gasteiger partial charge in [-0.2, -0.15) is 0 Å². The minimum Gasteiger partial charge on any atom is -0.495 e. The fourth-order valence-electron chi connectivity index (χ4n) is 5.61. The molecule has 3 heterocycles. The molecule has 1 aromatic rings. The summed E-state index contributed by atoms with van der Waals surface area (Å²) in [6.45, 7) is 5.35. The third-order valence-electron chi connectivity index (χ3n) is 8.86. The highest BCUT2D eigenvalue weighted by molar-refractivity contribution is 6.35. The van der Waals surface area contributed by atoms with E-state index in [4.69, 9.17) is 35.7 Å². The summed E-state index contributed by atoms with van der Waals surface area (Å²) < 4.78 is 22.4. The average molecular weight is 726 g/mol. The zero-order chi connectivity index (χ0) is 38.0. The molecule has 4 bridgehead atoms.